The minimum Gasteiger partial charge on any atom is -0.462 e. The smallest absolute Gasteiger partial charge is 0.338 e. The Kier molecular flexibility index (Phi) is 7.40. The van der Waals surface area contributed by atoms with Gasteiger partial charge in [-0.15, -0.1) is 0 Å². The van der Waals surface area contributed by atoms with E-state index in [9.17, 15) is 19.2 Å². The minimum atomic E-state index is -0.557. The summed E-state index contributed by atoms with van der Waals surface area (Å²) in [5.41, 5.74) is 3.62. The summed E-state index contributed by atoms with van der Waals surface area (Å²) in [7, 11) is 0. The normalized spacial score (nSPS) is 14.4. The summed E-state index contributed by atoms with van der Waals surface area (Å²) < 4.78 is 10.8. The number of rotatable bonds is 7. The van der Waals surface area contributed by atoms with Crippen molar-refractivity contribution in [1.82, 2.24) is 4.90 Å². The second-order valence-electron chi connectivity index (χ2n) is 8.08. The van der Waals surface area contributed by atoms with Crippen LogP contribution in [-0.2, 0) is 14.3 Å². The molecule has 4 rings (SSSR count). The molecule has 0 bridgehead atoms. The van der Waals surface area contributed by atoms with Crippen molar-refractivity contribution in [3.05, 3.63) is 82.0 Å². The fraction of sp³-hybridized carbons (Fsp3) is 0.185. The van der Waals surface area contributed by atoms with Gasteiger partial charge < -0.3 is 14.5 Å². The Bertz CT molecular complexity index is 1350. The average molecular weight is 505 g/mol. The van der Waals surface area contributed by atoms with Gasteiger partial charge in [-0.2, -0.15) is 0 Å². The van der Waals surface area contributed by atoms with E-state index in [-0.39, 0.29) is 11.4 Å². The predicted octanol–water partition coefficient (Wildman–Crippen LogP) is 5.42. The SMILES string of the molecule is CCOC(=O)c1ccc(-c2ccc(/C=C3/SC(=O)N(CC(=O)Nc4c(C)cccc4C)C3=O)o2)cc1. The summed E-state index contributed by atoms with van der Waals surface area (Å²) in [5, 5.41) is 2.27. The standard InChI is InChI=1S/C27H24N2O6S/c1-4-34-26(32)19-10-8-18(9-11-19)21-13-12-20(35-21)14-22-25(31)29(27(33)36-22)15-23(30)28-24-16(2)6-5-7-17(24)3/h5-14H,4,15H2,1-3H3,(H,28,30)/b22-14+. The fourth-order valence-electron chi connectivity index (χ4n) is 3.67. The van der Waals surface area contributed by atoms with Gasteiger partial charge >= 0.3 is 5.97 Å². The van der Waals surface area contributed by atoms with E-state index in [4.69, 9.17) is 9.15 Å². The molecular weight excluding hydrogens is 480 g/mol. The first-order valence-corrected chi connectivity index (χ1v) is 12.1. The Morgan fingerprint density at radius 3 is 2.39 bits per heavy atom. The van der Waals surface area contributed by atoms with E-state index >= 15 is 0 Å². The summed E-state index contributed by atoms with van der Waals surface area (Å²) in [6.45, 7) is 5.40. The van der Waals surface area contributed by atoms with Crippen LogP contribution in [0.1, 0.15) is 34.2 Å². The molecule has 3 aromatic rings. The van der Waals surface area contributed by atoms with Crippen LogP contribution in [0.25, 0.3) is 17.4 Å². The van der Waals surface area contributed by atoms with Gasteiger partial charge in [0.15, 0.2) is 0 Å². The zero-order valence-electron chi connectivity index (χ0n) is 20.0. The number of thioether (sulfide) groups is 1. The van der Waals surface area contributed by atoms with Gasteiger partial charge in [0.1, 0.15) is 18.1 Å². The van der Waals surface area contributed by atoms with Gasteiger partial charge in [0.25, 0.3) is 11.1 Å². The zero-order valence-corrected chi connectivity index (χ0v) is 20.8. The van der Waals surface area contributed by atoms with Crippen LogP contribution in [0.2, 0.25) is 0 Å². The molecule has 1 N–H and O–H groups in total. The fourth-order valence-corrected chi connectivity index (χ4v) is 4.49. The Morgan fingerprint density at radius 2 is 1.72 bits per heavy atom. The van der Waals surface area contributed by atoms with Crippen LogP contribution >= 0.6 is 11.8 Å². The van der Waals surface area contributed by atoms with Gasteiger partial charge in [-0.25, -0.2) is 4.79 Å². The maximum atomic E-state index is 12.8. The molecule has 1 saturated heterocycles. The second-order valence-corrected chi connectivity index (χ2v) is 9.08. The topological polar surface area (TPSA) is 106 Å². The van der Waals surface area contributed by atoms with Crippen LogP contribution in [0, 0.1) is 13.8 Å². The van der Waals surface area contributed by atoms with E-state index in [2.05, 4.69) is 5.32 Å². The van der Waals surface area contributed by atoms with E-state index in [0.29, 0.717) is 29.4 Å². The highest BCUT2D eigenvalue weighted by Gasteiger charge is 2.36. The molecule has 0 aliphatic carbocycles. The zero-order chi connectivity index (χ0) is 25.8. The van der Waals surface area contributed by atoms with Gasteiger partial charge in [0.05, 0.1) is 17.1 Å². The first-order valence-electron chi connectivity index (χ1n) is 11.3. The van der Waals surface area contributed by atoms with Crippen LogP contribution in [0.5, 0.6) is 0 Å². The van der Waals surface area contributed by atoms with Gasteiger partial charge in [-0.1, -0.05) is 30.3 Å². The van der Waals surface area contributed by atoms with Crippen molar-refractivity contribution in [3.8, 4) is 11.3 Å². The van der Waals surface area contributed by atoms with Crippen molar-refractivity contribution < 1.29 is 28.3 Å². The Hall–Kier alpha value is -4.11. The van der Waals surface area contributed by atoms with Gasteiger partial charge in [0.2, 0.25) is 5.91 Å². The van der Waals surface area contributed by atoms with Crippen molar-refractivity contribution in [1.29, 1.82) is 0 Å². The number of furan rings is 1. The lowest BCUT2D eigenvalue weighted by atomic mass is 10.1. The number of anilines is 1. The maximum absolute atomic E-state index is 12.8. The predicted molar refractivity (Wildman–Crippen MR) is 137 cm³/mol. The number of carbonyl (C=O) groups is 4. The molecule has 0 unspecified atom stereocenters. The molecule has 184 valence electrons. The van der Waals surface area contributed by atoms with Gasteiger partial charge in [-0.05, 0) is 67.9 Å². The monoisotopic (exact) mass is 504 g/mol. The number of nitrogens with one attached hydrogen (secondary N) is 1. The molecule has 3 amide bonds. The van der Waals surface area contributed by atoms with Crippen molar-refractivity contribution in [2.24, 2.45) is 0 Å². The van der Waals surface area contributed by atoms with Crippen molar-refractivity contribution in [2.45, 2.75) is 20.8 Å². The number of carbonyl (C=O) groups excluding carboxylic acids is 4. The lowest BCUT2D eigenvalue weighted by molar-refractivity contribution is -0.127. The lowest BCUT2D eigenvalue weighted by Gasteiger charge is -2.15. The van der Waals surface area contributed by atoms with Crippen LogP contribution in [-0.4, -0.2) is 41.1 Å². The van der Waals surface area contributed by atoms with Crippen LogP contribution in [0.4, 0.5) is 10.5 Å². The highest BCUT2D eigenvalue weighted by atomic mass is 32.2. The van der Waals surface area contributed by atoms with Gasteiger partial charge in [-0.3, -0.25) is 19.3 Å². The van der Waals surface area contributed by atoms with E-state index in [1.54, 1.807) is 43.3 Å². The number of aryl methyl sites for hydroxylation is 2. The van der Waals surface area contributed by atoms with Gasteiger partial charge in [0, 0.05) is 17.3 Å². The Labute approximate surface area is 212 Å². The van der Waals surface area contributed by atoms with Crippen LogP contribution in [0.15, 0.2) is 63.9 Å². The lowest BCUT2D eigenvalue weighted by Crippen LogP contribution is -2.36. The molecule has 0 atom stereocenters. The Balaban J connectivity index is 1.44. The minimum absolute atomic E-state index is 0.165. The highest BCUT2D eigenvalue weighted by Crippen LogP contribution is 2.33. The summed E-state index contributed by atoms with van der Waals surface area (Å²) in [5.74, 6) is -0.502. The molecule has 1 aliphatic rings. The number of hydrogen-bond donors (Lipinski definition) is 1. The van der Waals surface area contributed by atoms with Crippen LogP contribution in [0.3, 0.4) is 0 Å². The number of nitrogens with zero attached hydrogens (tertiary/aromatic N) is 1. The number of benzene rings is 2. The molecule has 0 spiro atoms. The number of imide groups is 1. The van der Waals surface area contributed by atoms with E-state index in [0.717, 1.165) is 33.4 Å². The number of hydrogen-bond acceptors (Lipinski definition) is 7. The average Bonchev–Trinajstić information content (AvgIpc) is 3.42. The molecule has 1 aromatic heterocycles. The Morgan fingerprint density at radius 1 is 1.03 bits per heavy atom. The molecule has 2 aromatic carbocycles. The largest absolute Gasteiger partial charge is 0.462 e. The molecule has 2 heterocycles. The first kappa shape index (κ1) is 25.0. The van der Waals surface area contributed by atoms with Crippen molar-refractivity contribution >= 4 is 46.5 Å². The molecule has 0 radical (unpaired) electrons. The van der Waals surface area contributed by atoms with Crippen molar-refractivity contribution in [2.75, 3.05) is 18.5 Å². The molecule has 8 nitrogen and oxygen atoms in total. The van der Waals surface area contributed by atoms with E-state index in [1.165, 1.54) is 6.08 Å². The van der Waals surface area contributed by atoms with E-state index < -0.39 is 23.0 Å². The summed E-state index contributed by atoms with van der Waals surface area (Å²) in [6, 6.07) is 15.8. The molecular formula is C27H24N2O6S. The second kappa shape index (κ2) is 10.7. The maximum Gasteiger partial charge on any atom is 0.338 e. The van der Waals surface area contributed by atoms with Crippen LogP contribution < -0.4 is 5.32 Å². The van der Waals surface area contributed by atoms with Crippen molar-refractivity contribution in [3.63, 3.8) is 0 Å². The quantitative estimate of drug-likeness (QED) is 0.338. The summed E-state index contributed by atoms with van der Waals surface area (Å²) >= 11 is 0.753. The first-order chi connectivity index (χ1) is 17.3. The molecule has 1 fully saturated rings. The number of para-hydroxylation sites is 1. The molecule has 36 heavy (non-hydrogen) atoms. The number of amides is 3. The summed E-state index contributed by atoms with van der Waals surface area (Å²) in [4.78, 5) is 50.7. The third-order valence-electron chi connectivity index (χ3n) is 5.50. The highest BCUT2D eigenvalue weighted by molar-refractivity contribution is 8.18. The summed E-state index contributed by atoms with van der Waals surface area (Å²) in [6.07, 6.45) is 1.48. The molecule has 0 saturated carbocycles. The number of esters is 1. The third-order valence-corrected chi connectivity index (χ3v) is 6.41. The van der Waals surface area contributed by atoms with E-state index in [1.807, 2.05) is 32.0 Å². The number of ether oxygens (including phenoxy) is 1. The molecule has 1 aliphatic heterocycles. The molecule has 9 heteroatoms. The third kappa shape index (κ3) is 5.41.